The molecule has 0 spiro atoms. The predicted octanol–water partition coefficient (Wildman–Crippen LogP) is 1.83. The number of likely N-dealkylation sites (tertiary alicyclic amines) is 1. The zero-order valence-corrected chi connectivity index (χ0v) is 13.7. The second kappa shape index (κ2) is 8.51. The van der Waals surface area contributed by atoms with Gasteiger partial charge in [-0.25, -0.2) is 0 Å². The van der Waals surface area contributed by atoms with Crippen molar-refractivity contribution in [2.75, 3.05) is 13.1 Å². The molecule has 2 rings (SSSR count). The summed E-state index contributed by atoms with van der Waals surface area (Å²) in [5.74, 6) is 0.491. The molecule has 1 saturated carbocycles. The van der Waals surface area contributed by atoms with Crippen LogP contribution >= 0.6 is 0 Å². The van der Waals surface area contributed by atoms with E-state index in [0.717, 1.165) is 32.2 Å². The SMILES string of the molecule is CC(O)CC1CCCN1C(=O)CNC(=O)CC1CCCCC1. The third-order valence-corrected chi connectivity index (χ3v) is 4.95. The molecule has 2 aliphatic rings. The highest BCUT2D eigenvalue weighted by Gasteiger charge is 2.29. The van der Waals surface area contributed by atoms with E-state index < -0.39 is 0 Å². The zero-order valence-electron chi connectivity index (χ0n) is 13.7. The fourth-order valence-electron chi connectivity index (χ4n) is 3.80. The van der Waals surface area contributed by atoms with Crippen LogP contribution in [0.5, 0.6) is 0 Å². The number of aliphatic hydroxyl groups excluding tert-OH is 1. The number of amides is 2. The van der Waals surface area contributed by atoms with Gasteiger partial charge in [0.05, 0.1) is 12.6 Å². The molecule has 126 valence electrons. The summed E-state index contributed by atoms with van der Waals surface area (Å²) < 4.78 is 0. The summed E-state index contributed by atoms with van der Waals surface area (Å²) in [6.07, 6.45) is 8.76. The molecular weight excluding hydrogens is 280 g/mol. The monoisotopic (exact) mass is 310 g/mol. The summed E-state index contributed by atoms with van der Waals surface area (Å²) in [7, 11) is 0. The molecule has 1 heterocycles. The molecule has 1 aliphatic carbocycles. The number of nitrogens with zero attached hydrogens (tertiary/aromatic N) is 1. The standard InChI is InChI=1S/C17H30N2O3/c1-13(20)10-15-8-5-9-19(15)17(22)12-18-16(21)11-14-6-3-2-4-7-14/h13-15,20H,2-12H2,1H3,(H,18,21). The Kier molecular flexibility index (Phi) is 6.68. The van der Waals surface area contributed by atoms with Crippen LogP contribution in [0.3, 0.4) is 0 Å². The van der Waals surface area contributed by atoms with E-state index >= 15 is 0 Å². The second-order valence-electron chi connectivity index (χ2n) is 6.95. The molecule has 0 bridgehead atoms. The van der Waals surface area contributed by atoms with Gasteiger partial charge in [-0.3, -0.25) is 9.59 Å². The van der Waals surface area contributed by atoms with Crippen molar-refractivity contribution in [2.24, 2.45) is 5.92 Å². The number of aliphatic hydroxyl groups is 1. The molecule has 0 radical (unpaired) electrons. The van der Waals surface area contributed by atoms with Crippen LogP contribution in [-0.2, 0) is 9.59 Å². The lowest BCUT2D eigenvalue weighted by Crippen LogP contribution is -2.43. The van der Waals surface area contributed by atoms with Crippen LogP contribution in [0.4, 0.5) is 0 Å². The first-order valence-electron chi connectivity index (χ1n) is 8.80. The number of carbonyl (C=O) groups excluding carboxylic acids is 2. The Balaban J connectivity index is 1.70. The number of hydrogen-bond acceptors (Lipinski definition) is 3. The van der Waals surface area contributed by atoms with E-state index in [9.17, 15) is 14.7 Å². The van der Waals surface area contributed by atoms with E-state index in [0.29, 0.717) is 18.8 Å². The Hall–Kier alpha value is -1.10. The topological polar surface area (TPSA) is 69.6 Å². The lowest BCUT2D eigenvalue weighted by Gasteiger charge is -2.26. The Morgan fingerprint density at radius 2 is 1.91 bits per heavy atom. The molecule has 2 N–H and O–H groups in total. The van der Waals surface area contributed by atoms with Crippen molar-refractivity contribution in [2.45, 2.75) is 76.9 Å². The van der Waals surface area contributed by atoms with Crippen LogP contribution in [0.1, 0.15) is 64.7 Å². The maximum absolute atomic E-state index is 12.3. The molecular formula is C17H30N2O3. The van der Waals surface area contributed by atoms with Crippen molar-refractivity contribution in [3.05, 3.63) is 0 Å². The minimum atomic E-state index is -0.390. The molecule has 22 heavy (non-hydrogen) atoms. The van der Waals surface area contributed by atoms with Crippen molar-refractivity contribution < 1.29 is 14.7 Å². The van der Waals surface area contributed by atoms with Gasteiger partial charge in [-0.2, -0.15) is 0 Å². The predicted molar refractivity (Wildman–Crippen MR) is 85.2 cm³/mol. The van der Waals surface area contributed by atoms with Gasteiger partial charge >= 0.3 is 0 Å². The van der Waals surface area contributed by atoms with E-state index in [-0.39, 0.29) is 30.5 Å². The smallest absolute Gasteiger partial charge is 0.242 e. The average molecular weight is 310 g/mol. The first kappa shape index (κ1) is 17.3. The van der Waals surface area contributed by atoms with Gasteiger partial charge in [0.1, 0.15) is 0 Å². The summed E-state index contributed by atoms with van der Waals surface area (Å²) in [5, 5.41) is 12.3. The zero-order chi connectivity index (χ0) is 15.9. The second-order valence-corrected chi connectivity index (χ2v) is 6.95. The van der Waals surface area contributed by atoms with Crippen LogP contribution in [0, 0.1) is 5.92 Å². The maximum atomic E-state index is 12.3. The fourth-order valence-corrected chi connectivity index (χ4v) is 3.80. The molecule has 0 aromatic heterocycles. The Morgan fingerprint density at radius 3 is 2.59 bits per heavy atom. The third kappa shape index (κ3) is 5.27. The average Bonchev–Trinajstić information content (AvgIpc) is 2.93. The highest BCUT2D eigenvalue weighted by molar-refractivity contribution is 5.85. The number of hydrogen-bond donors (Lipinski definition) is 2. The van der Waals surface area contributed by atoms with E-state index in [4.69, 9.17) is 0 Å². The van der Waals surface area contributed by atoms with Crippen LogP contribution < -0.4 is 5.32 Å². The minimum absolute atomic E-state index is 0.00604. The van der Waals surface area contributed by atoms with Crippen molar-refractivity contribution >= 4 is 11.8 Å². The molecule has 2 fully saturated rings. The molecule has 0 aromatic rings. The quantitative estimate of drug-likeness (QED) is 0.786. The van der Waals surface area contributed by atoms with Gasteiger partial charge < -0.3 is 15.3 Å². The summed E-state index contributed by atoms with van der Waals surface area (Å²) in [5.41, 5.74) is 0. The highest BCUT2D eigenvalue weighted by atomic mass is 16.3. The molecule has 2 atom stereocenters. The van der Waals surface area contributed by atoms with Crippen LogP contribution in [0.15, 0.2) is 0 Å². The summed E-state index contributed by atoms with van der Waals surface area (Å²) in [6.45, 7) is 2.60. The molecule has 1 aliphatic heterocycles. The molecule has 0 aromatic carbocycles. The van der Waals surface area contributed by atoms with E-state index in [1.807, 2.05) is 4.90 Å². The van der Waals surface area contributed by atoms with Gasteiger partial charge in [0, 0.05) is 19.0 Å². The first-order chi connectivity index (χ1) is 10.6. The molecule has 5 nitrogen and oxygen atoms in total. The van der Waals surface area contributed by atoms with Crippen molar-refractivity contribution in [1.29, 1.82) is 0 Å². The lowest BCUT2D eigenvalue weighted by atomic mass is 9.87. The summed E-state index contributed by atoms with van der Waals surface area (Å²) >= 11 is 0. The summed E-state index contributed by atoms with van der Waals surface area (Å²) in [6, 6.07) is 0.128. The third-order valence-electron chi connectivity index (χ3n) is 4.95. The van der Waals surface area contributed by atoms with Crippen LogP contribution in [0.25, 0.3) is 0 Å². The van der Waals surface area contributed by atoms with Gasteiger partial charge in [0.25, 0.3) is 0 Å². The fraction of sp³-hybridized carbons (Fsp3) is 0.882. The van der Waals surface area contributed by atoms with E-state index in [1.165, 1.54) is 19.3 Å². The number of rotatable bonds is 6. The maximum Gasteiger partial charge on any atom is 0.242 e. The first-order valence-corrected chi connectivity index (χ1v) is 8.80. The number of nitrogens with one attached hydrogen (secondary N) is 1. The Labute approximate surface area is 133 Å². The van der Waals surface area contributed by atoms with E-state index in [1.54, 1.807) is 6.92 Å². The summed E-state index contributed by atoms with van der Waals surface area (Å²) in [4.78, 5) is 26.1. The minimum Gasteiger partial charge on any atom is -0.393 e. The Bertz CT molecular complexity index is 378. The van der Waals surface area contributed by atoms with Gasteiger partial charge in [0.2, 0.25) is 11.8 Å². The largest absolute Gasteiger partial charge is 0.393 e. The molecule has 2 unspecified atom stereocenters. The lowest BCUT2D eigenvalue weighted by molar-refractivity contribution is -0.134. The molecule has 2 amide bonds. The Morgan fingerprint density at radius 1 is 1.18 bits per heavy atom. The number of carbonyl (C=O) groups is 2. The van der Waals surface area contributed by atoms with Crippen LogP contribution in [-0.4, -0.2) is 47.1 Å². The van der Waals surface area contributed by atoms with E-state index in [2.05, 4.69) is 5.32 Å². The molecule has 5 heteroatoms. The van der Waals surface area contributed by atoms with Crippen molar-refractivity contribution in [3.8, 4) is 0 Å². The highest BCUT2D eigenvalue weighted by Crippen LogP contribution is 2.26. The van der Waals surface area contributed by atoms with Crippen LogP contribution in [0.2, 0.25) is 0 Å². The van der Waals surface area contributed by atoms with Gasteiger partial charge in [-0.1, -0.05) is 19.3 Å². The van der Waals surface area contributed by atoms with Crippen molar-refractivity contribution in [3.63, 3.8) is 0 Å². The van der Waals surface area contributed by atoms with Crippen molar-refractivity contribution in [1.82, 2.24) is 10.2 Å². The molecule has 1 saturated heterocycles. The van der Waals surface area contributed by atoms with Gasteiger partial charge in [0.15, 0.2) is 0 Å². The normalized spacial score (nSPS) is 24.3. The van der Waals surface area contributed by atoms with Gasteiger partial charge in [-0.05, 0) is 44.9 Å². The van der Waals surface area contributed by atoms with Gasteiger partial charge in [-0.15, -0.1) is 0 Å².